The molecule has 0 saturated heterocycles. The third kappa shape index (κ3) is 2.89. The monoisotopic (exact) mass is 337 g/mol. The lowest BCUT2D eigenvalue weighted by Gasteiger charge is -2.37. The lowest BCUT2D eigenvalue weighted by atomic mass is 9.73. The van der Waals surface area contributed by atoms with E-state index in [2.05, 4.69) is 35.0 Å². The van der Waals surface area contributed by atoms with Gasteiger partial charge in [-0.05, 0) is 61.3 Å². The second-order valence-corrected chi connectivity index (χ2v) is 7.46. The highest BCUT2D eigenvalue weighted by Crippen LogP contribution is 2.39. The second-order valence-electron chi connectivity index (χ2n) is 6.54. The summed E-state index contributed by atoms with van der Waals surface area (Å²) in [6.07, 6.45) is 8.13. The number of benzene rings is 1. The first-order valence-corrected chi connectivity index (χ1v) is 8.62. The second kappa shape index (κ2) is 5.69. The topological polar surface area (TPSA) is 35.2 Å². The Hall–Kier alpha value is -0.540. The molecule has 0 aromatic heterocycles. The summed E-state index contributed by atoms with van der Waals surface area (Å²) in [4.78, 5) is 0. The number of fused-ring (bicyclic) bond motifs is 1. The first kappa shape index (κ1) is 14.4. The molecule has 1 fully saturated rings. The highest BCUT2D eigenvalue weighted by Gasteiger charge is 2.33. The molecule has 110 valence electrons. The van der Waals surface area contributed by atoms with Crippen LogP contribution in [0.2, 0.25) is 0 Å². The summed E-state index contributed by atoms with van der Waals surface area (Å²) in [5.41, 5.74) is 9.27. The van der Waals surface area contributed by atoms with Crippen LogP contribution in [0.25, 0.3) is 0 Å². The fraction of sp³-hybridized carbons (Fsp3) is 0.647. The quantitative estimate of drug-likeness (QED) is 0.895. The lowest BCUT2D eigenvalue weighted by Crippen LogP contribution is -2.45. The van der Waals surface area contributed by atoms with E-state index in [-0.39, 0.29) is 5.54 Å². The first-order chi connectivity index (χ1) is 9.59. The van der Waals surface area contributed by atoms with Crippen molar-refractivity contribution in [3.8, 4) is 5.75 Å². The summed E-state index contributed by atoms with van der Waals surface area (Å²) in [7, 11) is 0. The third-order valence-electron chi connectivity index (χ3n) is 5.05. The van der Waals surface area contributed by atoms with Gasteiger partial charge in [0.1, 0.15) is 5.75 Å². The molecule has 2 N–H and O–H groups in total. The van der Waals surface area contributed by atoms with Crippen molar-refractivity contribution >= 4 is 15.9 Å². The maximum absolute atomic E-state index is 6.68. The average molecular weight is 338 g/mol. The van der Waals surface area contributed by atoms with Crippen LogP contribution >= 0.6 is 15.9 Å². The molecular formula is C17H24BrNO. The molecule has 1 saturated carbocycles. The minimum absolute atomic E-state index is 0.0355. The molecule has 0 bridgehead atoms. The Bertz CT molecular complexity index is 492. The predicted molar refractivity (Wildman–Crippen MR) is 86.2 cm³/mol. The predicted octanol–water partition coefficient (Wildman–Crippen LogP) is 4.22. The highest BCUT2D eigenvalue weighted by molar-refractivity contribution is 9.10. The number of hydrogen-bond donors (Lipinski definition) is 1. The van der Waals surface area contributed by atoms with Crippen LogP contribution in [0, 0.1) is 5.92 Å². The van der Waals surface area contributed by atoms with E-state index in [9.17, 15) is 0 Å². The summed E-state index contributed by atoms with van der Waals surface area (Å²) >= 11 is 3.62. The Morgan fingerprint density at radius 2 is 2.10 bits per heavy atom. The van der Waals surface area contributed by atoms with Crippen molar-refractivity contribution in [2.75, 3.05) is 6.61 Å². The normalized spacial score (nSPS) is 29.1. The van der Waals surface area contributed by atoms with E-state index in [1.54, 1.807) is 0 Å². The van der Waals surface area contributed by atoms with Gasteiger partial charge in [-0.1, -0.05) is 29.3 Å². The van der Waals surface area contributed by atoms with E-state index < -0.39 is 0 Å². The Balaban J connectivity index is 1.78. The van der Waals surface area contributed by atoms with Crippen molar-refractivity contribution in [3.05, 3.63) is 27.7 Å². The molecule has 0 unspecified atom stereocenters. The first-order valence-electron chi connectivity index (χ1n) is 7.82. The van der Waals surface area contributed by atoms with Crippen LogP contribution in [0.15, 0.2) is 16.6 Å². The molecule has 0 radical (unpaired) electrons. The zero-order chi connectivity index (χ0) is 14.2. The Morgan fingerprint density at radius 3 is 2.80 bits per heavy atom. The zero-order valence-electron chi connectivity index (χ0n) is 12.3. The molecule has 20 heavy (non-hydrogen) atoms. The van der Waals surface area contributed by atoms with Crippen LogP contribution in [0.5, 0.6) is 5.75 Å². The van der Waals surface area contributed by atoms with Gasteiger partial charge in [0.15, 0.2) is 0 Å². The van der Waals surface area contributed by atoms with Crippen molar-refractivity contribution in [1.29, 1.82) is 0 Å². The summed E-state index contributed by atoms with van der Waals surface area (Å²) < 4.78 is 6.99. The van der Waals surface area contributed by atoms with Crippen LogP contribution in [0.3, 0.4) is 0 Å². The molecule has 1 aromatic carbocycles. The van der Waals surface area contributed by atoms with Crippen LogP contribution in [-0.4, -0.2) is 12.1 Å². The maximum Gasteiger partial charge on any atom is 0.125 e. The molecule has 1 aliphatic heterocycles. The van der Waals surface area contributed by atoms with Crippen molar-refractivity contribution in [2.24, 2.45) is 11.7 Å². The number of halogens is 1. The Morgan fingerprint density at radius 1 is 1.35 bits per heavy atom. The molecule has 3 heteroatoms. The number of nitrogens with two attached hydrogens (primary N) is 1. The van der Waals surface area contributed by atoms with Gasteiger partial charge >= 0.3 is 0 Å². The van der Waals surface area contributed by atoms with Gasteiger partial charge in [-0.2, -0.15) is 0 Å². The summed E-state index contributed by atoms with van der Waals surface area (Å²) in [5, 5.41) is 0. The van der Waals surface area contributed by atoms with Crippen molar-refractivity contribution in [3.63, 3.8) is 0 Å². The molecule has 0 amide bonds. The van der Waals surface area contributed by atoms with Crippen molar-refractivity contribution in [1.82, 2.24) is 0 Å². The van der Waals surface area contributed by atoms with Gasteiger partial charge in [0.25, 0.3) is 0 Å². The summed E-state index contributed by atoms with van der Waals surface area (Å²) in [6, 6.07) is 4.38. The van der Waals surface area contributed by atoms with E-state index in [1.165, 1.54) is 30.4 Å². The van der Waals surface area contributed by atoms with Gasteiger partial charge < -0.3 is 10.5 Å². The molecule has 0 atom stereocenters. The van der Waals surface area contributed by atoms with Gasteiger partial charge in [0, 0.05) is 16.4 Å². The van der Waals surface area contributed by atoms with E-state index >= 15 is 0 Å². The zero-order valence-corrected chi connectivity index (χ0v) is 13.8. The SMILES string of the molecule is CCC1CCC(N)(Cc2cc(Br)cc3c2OCC3)CC1. The molecule has 1 aliphatic carbocycles. The third-order valence-corrected chi connectivity index (χ3v) is 5.50. The van der Waals surface area contributed by atoms with Crippen LogP contribution < -0.4 is 10.5 Å². The fourth-order valence-electron chi connectivity index (χ4n) is 3.69. The number of ether oxygens (including phenoxy) is 1. The van der Waals surface area contributed by atoms with Gasteiger partial charge in [-0.25, -0.2) is 0 Å². The smallest absolute Gasteiger partial charge is 0.125 e. The average Bonchev–Trinajstić information content (AvgIpc) is 2.87. The number of rotatable bonds is 3. The molecule has 0 spiro atoms. The van der Waals surface area contributed by atoms with E-state index in [0.29, 0.717) is 0 Å². The summed E-state index contributed by atoms with van der Waals surface area (Å²) in [5.74, 6) is 1.99. The van der Waals surface area contributed by atoms with Crippen LogP contribution in [0.4, 0.5) is 0 Å². The molecule has 3 rings (SSSR count). The maximum atomic E-state index is 6.68. The molecule has 1 heterocycles. The molecular weight excluding hydrogens is 314 g/mol. The molecule has 1 aromatic rings. The van der Waals surface area contributed by atoms with E-state index in [4.69, 9.17) is 10.5 Å². The van der Waals surface area contributed by atoms with E-state index in [1.807, 2.05) is 0 Å². The highest BCUT2D eigenvalue weighted by atomic mass is 79.9. The van der Waals surface area contributed by atoms with Gasteiger partial charge in [0.05, 0.1) is 6.61 Å². The minimum atomic E-state index is -0.0355. The lowest BCUT2D eigenvalue weighted by molar-refractivity contribution is 0.226. The number of hydrogen-bond acceptors (Lipinski definition) is 2. The largest absolute Gasteiger partial charge is 0.493 e. The van der Waals surface area contributed by atoms with Crippen molar-refractivity contribution < 1.29 is 4.74 Å². The van der Waals surface area contributed by atoms with E-state index in [0.717, 1.165) is 48.4 Å². The Labute approximate surface area is 130 Å². The molecule has 2 nitrogen and oxygen atoms in total. The fourth-order valence-corrected chi connectivity index (χ4v) is 4.25. The standard InChI is InChI=1S/C17H24BrNO/c1-2-12-3-6-17(19,7-4-12)11-14-10-15(18)9-13-5-8-20-16(13)14/h9-10,12H,2-8,11,19H2,1H3. The van der Waals surface area contributed by atoms with Gasteiger partial charge in [-0.15, -0.1) is 0 Å². The minimum Gasteiger partial charge on any atom is -0.493 e. The van der Waals surface area contributed by atoms with Crippen molar-refractivity contribution in [2.45, 2.75) is 57.4 Å². The Kier molecular flexibility index (Phi) is 4.09. The molecule has 2 aliphatic rings. The summed E-state index contributed by atoms with van der Waals surface area (Å²) in [6.45, 7) is 3.11. The van der Waals surface area contributed by atoms with Crippen LogP contribution in [0.1, 0.15) is 50.2 Å². The van der Waals surface area contributed by atoms with Gasteiger partial charge in [0.2, 0.25) is 0 Å². The van der Waals surface area contributed by atoms with Crippen LogP contribution in [-0.2, 0) is 12.8 Å². The van der Waals surface area contributed by atoms with Gasteiger partial charge in [-0.3, -0.25) is 0 Å².